The molecule has 1 N–H and O–H groups in total. The van der Waals surface area contributed by atoms with Crippen molar-refractivity contribution in [2.75, 3.05) is 5.32 Å². The van der Waals surface area contributed by atoms with Crippen LogP contribution >= 0.6 is 0 Å². The zero-order valence-corrected chi connectivity index (χ0v) is 18.0. The molecule has 4 aromatic rings. The Morgan fingerprint density at radius 3 is 2.39 bits per heavy atom. The van der Waals surface area contributed by atoms with E-state index in [1.807, 2.05) is 45.0 Å². The molecule has 4 rings (SSSR count). The number of rotatable bonds is 4. The molecule has 0 radical (unpaired) electrons. The molecule has 31 heavy (non-hydrogen) atoms. The van der Waals surface area contributed by atoms with Gasteiger partial charge in [-0.25, -0.2) is 9.36 Å². The van der Waals surface area contributed by atoms with Crippen molar-refractivity contribution in [2.24, 2.45) is 7.05 Å². The van der Waals surface area contributed by atoms with Gasteiger partial charge < -0.3 is 9.88 Å². The van der Waals surface area contributed by atoms with Gasteiger partial charge in [0.15, 0.2) is 0 Å². The molecule has 0 atom stereocenters. The minimum absolute atomic E-state index is 0.209. The van der Waals surface area contributed by atoms with Crippen molar-refractivity contribution in [2.45, 2.75) is 27.3 Å². The third kappa shape index (κ3) is 3.59. The molecule has 7 nitrogen and oxygen atoms in total. The van der Waals surface area contributed by atoms with E-state index in [1.165, 1.54) is 4.57 Å². The summed E-state index contributed by atoms with van der Waals surface area (Å²) in [7, 11) is 1.78. The molecule has 1 amide bonds. The van der Waals surface area contributed by atoms with E-state index < -0.39 is 11.2 Å². The minimum atomic E-state index is -0.551. The van der Waals surface area contributed by atoms with Crippen LogP contribution in [-0.4, -0.2) is 19.6 Å². The second-order valence-electron chi connectivity index (χ2n) is 7.79. The van der Waals surface area contributed by atoms with Gasteiger partial charge in [0.2, 0.25) is 5.91 Å². The molecule has 0 saturated carbocycles. The summed E-state index contributed by atoms with van der Waals surface area (Å²) in [6.07, 6.45) is 0. The number of carbonyl (C=O) groups excluding carboxylic acids is 1. The van der Waals surface area contributed by atoms with E-state index in [0.717, 1.165) is 21.4 Å². The maximum Gasteiger partial charge on any atom is 0.336 e. The smallest absolute Gasteiger partial charge is 0.336 e. The molecule has 2 aromatic carbocycles. The van der Waals surface area contributed by atoms with Gasteiger partial charge in [0.05, 0.1) is 11.2 Å². The second kappa shape index (κ2) is 7.75. The Hall–Kier alpha value is -3.87. The highest BCUT2D eigenvalue weighted by Crippen LogP contribution is 2.18. The molecule has 7 heteroatoms. The topological polar surface area (TPSA) is 78.0 Å². The lowest BCUT2D eigenvalue weighted by molar-refractivity contribution is -0.116. The second-order valence-corrected chi connectivity index (χ2v) is 7.79. The van der Waals surface area contributed by atoms with Crippen LogP contribution < -0.4 is 16.6 Å². The van der Waals surface area contributed by atoms with Crippen molar-refractivity contribution < 1.29 is 4.79 Å². The molecule has 158 valence electrons. The molecule has 0 aliphatic carbocycles. The third-order valence-electron chi connectivity index (χ3n) is 5.55. The van der Waals surface area contributed by atoms with E-state index >= 15 is 0 Å². The number of aromatic nitrogens is 3. The van der Waals surface area contributed by atoms with E-state index in [0.29, 0.717) is 22.4 Å². The van der Waals surface area contributed by atoms with Gasteiger partial charge in [-0.05, 0) is 56.2 Å². The SMILES string of the molecule is Cc1ccc(C)c(NC(=O)Cn2c(=O)n(-c3ccccc3)c(=O)c3c2cc(C)n3C)c1. The largest absolute Gasteiger partial charge is 0.342 e. The van der Waals surface area contributed by atoms with Crippen LogP contribution in [0.15, 0.2) is 64.2 Å². The summed E-state index contributed by atoms with van der Waals surface area (Å²) in [5, 5.41) is 2.89. The molecule has 0 spiro atoms. The highest BCUT2D eigenvalue weighted by molar-refractivity contribution is 5.92. The molecule has 0 bridgehead atoms. The van der Waals surface area contributed by atoms with E-state index in [-0.39, 0.29) is 12.5 Å². The van der Waals surface area contributed by atoms with E-state index in [4.69, 9.17) is 0 Å². The van der Waals surface area contributed by atoms with Crippen LogP contribution in [0.1, 0.15) is 16.8 Å². The summed E-state index contributed by atoms with van der Waals surface area (Å²) in [5.74, 6) is -0.336. The zero-order valence-electron chi connectivity index (χ0n) is 18.0. The van der Waals surface area contributed by atoms with Gasteiger partial charge in [-0.2, -0.15) is 0 Å². The average Bonchev–Trinajstić information content (AvgIpc) is 3.03. The first-order valence-corrected chi connectivity index (χ1v) is 10.0. The molecule has 0 unspecified atom stereocenters. The minimum Gasteiger partial charge on any atom is -0.342 e. The predicted octanol–water partition coefficient (Wildman–Crippen LogP) is 3.05. The Labute approximate surface area is 179 Å². The number of hydrogen-bond acceptors (Lipinski definition) is 3. The van der Waals surface area contributed by atoms with Crippen LogP contribution in [0.5, 0.6) is 0 Å². The van der Waals surface area contributed by atoms with E-state index in [9.17, 15) is 14.4 Å². The number of nitrogens with one attached hydrogen (secondary N) is 1. The first kappa shape index (κ1) is 20.4. The first-order chi connectivity index (χ1) is 14.8. The summed E-state index contributed by atoms with van der Waals surface area (Å²) in [4.78, 5) is 39.5. The Bertz CT molecular complexity index is 1430. The summed E-state index contributed by atoms with van der Waals surface area (Å²) >= 11 is 0. The zero-order chi connectivity index (χ0) is 22.3. The van der Waals surface area contributed by atoms with Crippen molar-refractivity contribution in [3.8, 4) is 5.69 Å². The molecule has 0 aliphatic rings. The fourth-order valence-electron chi connectivity index (χ4n) is 3.75. The van der Waals surface area contributed by atoms with Crippen LogP contribution in [0.3, 0.4) is 0 Å². The number of benzene rings is 2. The van der Waals surface area contributed by atoms with Crippen molar-refractivity contribution in [1.29, 1.82) is 0 Å². The van der Waals surface area contributed by atoms with Crippen molar-refractivity contribution in [3.63, 3.8) is 0 Å². The van der Waals surface area contributed by atoms with Crippen LogP contribution in [-0.2, 0) is 18.4 Å². The van der Waals surface area contributed by atoms with Gasteiger partial charge in [-0.3, -0.25) is 14.2 Å². The molecule has 0 aliphatic heterocycles. The Morgan fingerprint density at radius 1 is 0.968 bits per heavy atom. The fraction of sp³-hybridized carbons (Fsp3) is 0.208. The number of aryl methyl sites for hydroxylation is 4. The van der Waals surface area contributed by atoms with E-state index in [2.05, 4.69) is 5.32 Å². The van der Waals surface area contributed by atoms with Gasteiger partial charge in [0.1, 0.15) is 12.1 Å². The summed E-state index contributed by atoms with van der Waals surface area (Å²) in [5.41, 5.74) is 3.80. The van der Waals surface area contributed by atoms with Gasteiger partial charge in [0.25, 0.3) is 5.56 Å². The van der Waals surface area contributed by atoms with Gasteiger partial charge in [-0.1, -0.05) is 30.3 Å². The molecular weight excluding hydrogens is 392 g/mol. The quantitative estimate of drug-likeness (QED) is 0.555. The highest BCUT2D eigenvalue weighted by atomic mass is 16.2. The fourth-order valence-corrected chi connectivity index (χ4v) is 3.75. The molecule has 2 heterocycles. The van der Waals surface area contributed by atoms with Crippen LogP contribution in [0, 0.1) is 20.8 Å². The number of hydrogen-bond donors (Lipinski definition) is 1. The molecule has 2 aromatic heterocycles. The maximum atomic E-state index is 13.4. The normalized spacial score (nSPS) is 11.1. The first-order valence-electron chi connectivity index (χ1n) is 10.0. The lowest BCUT2D eigenvalue weighted by Gasteiger charge is -2.14. The van der Waals surface area contributed by atoms with Gasteiger partial charge in [-0.15, -0.1) is 0 Å². The molecular formula is C24H24N4O3. The van der Waals surface area contributed by atoms with Crippen LogP contribution in [0.4, 0.5) is 5.69 Å². The molecule has 0 saturated heterocycles. The Balaban J connectivity index is 1.86. The van der Waals surface area contributed by atoms with Crippen molar-refractivity contribution >= 4 is 22.6 Å². The standard InChI is InChI=1S/C24H24N4O3/c1-15-10-11-16(2)19(12-15)25-21(29)14-27-20-13-17(3)26(4)22(20)23(30)28(24(27)31)18-8-6-5-7-9-18/h5-13H,14H2,1-4H3,(H,25,29). The number of carbonyl (C=O) groups is 1. The van der Waals surface area contributed by atoms with Crippen LogP contribution in [0.25, 0.3) is 16.7 Å². The van der Waals surface area contributed by atoms with Gasteiger partial charge in [0, 0.05) is 18.4 Å². The Morgan fingerprint density at radius 2 is 1.68 bits per heavy atom. The van der Waals surface area contributed by atoms with Crippen molar-refractivity contribution in [1.82, 2.24) is 13.7 Å². The lowest BCUT2D eigenvalue weighted by atomic mass is 10.1. The monoisotopic (exact) mass is 416 g/mol. The number of fused-ring (bicyclic) bond motifs is 1. The molecule has 0 fully saturated rings. The lowest BCUT2D eigenvalue weighted by Crippen LogP contribution is -2.41. The third-order valence-corrected chi connectivity index (χ3v) is 5.55. The van der Waals surface area contributed by atoms with E-state index in [1.54, 1.807) is 41.9 Å². The van der Waals surface area contributed by atoms with Crippen LogP contribution in [0.2, 0.25) is 0 Å². The predicted molar refractivity (Wildman–Crippen MR) is 122 cm³/mol. The number of amides is 1. The summed E-state index contributed by atoms with van der Waals surface area (Å²) in [6.45, 7) is 5.51. The highest BCUT2D eigenvalue weighted by Gasteiger charge is 2.20. The summed E-state index contributed by atoms with van der Waals surface area (Å²) in [6, 6.07) is 16.3. The number of anilines is 1. The Kier molecular flexibility index (Phi) is 5.10. The maximum absolute atomic E-state index is 13.4. The average molecular weight is 416 g/mol. The van der Waals surface area contributed by atoms with Gasteiger partial charge >= 0.3 is 5.69 Å². The number of nitrogens with zero attached hydrogens (tertiary/aromatic N) is 3. The van der Waals surface area contributed by atoms with Crippen molar-refractivity contribution in [3.05, 3.63) is 92.3 Å². The summed E-state index contributed by atoms with van der Waals surface area (Å²) < 4.78 is 4.22. The number of para-hydroxylation sites is 1.